The molecule has 1 heterocycles. The summed E-state index contributed by atoms with van der Waals surface area (Å²) in [6.45, 7) is 0. The third-order valence-corrected chi connectivity index (χ3v) is 3.34. The number of amides is 1. The van der Waals surface area contributed by atoms with Crippen LogP contribution in [0.3, 0.4) is 0 Å². The average molecular weight is 305 g/mol. The lowest BCUT2D eigenvalue weighted by Crippen LogP contribution is -2.19. The molecule has 0 atom stereocenters. The maximum absolute atomic E-state index is 12.1. The second kappa shape index (κ2) is 6.70. The van der Waals surface area contributed by atoms with Gasteiger partial charge in [0.2, 0.25) is 0 Å². The second-order valence-electron chi connectivity index (χ2n) is 4.83. The van der Waals surface area contributed by atoms with Crippen LogP contribution in [0.2, 0.25) is 0 Å². The van der Waals surface area contributed by atoms with Crippen molar-refractivity contribution in [2.24, 2.45) is 5.10 Å². The van der Waals surface area contributed by atoms with Crippen molar-refractivity contribution in [2.75, 3.05) is 7.11 Å². The Kier molecular flexibility index (Phi) is 4.29. The Hall–Kier alpha value is -3.21. The van der Waals surface area contributed by atoms with Crippen LogP contribution in [-0.2, 0) is 0 Å². The Balaban J connectivity index is 1.74. The number of carbonyl (C=O) groups excluding carboxylic acids is 1. The molecular formula is C18H15N3O2. The van der Waals surface area contributed by atoms with Crippen LogP contribution >= 0.6 is 0 Å². The molecule has 0 fully saturated rings. The van der Waals surface area contributed by atoms with E-state index in [1.54, 1.807) is 13.2 Å². The quantitative estimate of drug-likeness (QED) is 0.595. The summed E-state index contributed by atoms with van der Waals surface area (Å²) in [4.78, 5) is 16.4. The van der Waals surface area contributed by atoms with Crippen molar-refractivity contribution >= 4 is 23.0 Å². The molecule has 0 radical (unpaired) electrons. The van der Waals surface area contributed by atoms with Crippen LogP contribution in [-0.4, -0.2) is 24.2 Å². The van der Waals surface area contributed by atoms with Gasteiger partial charge in [-0.3, -0.25) is 4.79 Å². The predicted molar refractivity (Wildman–Crippen MR) is 89.8 cm³/mol. The molecule has 3 aromatic rings. The number of rotatable bonds is 4. The number of hydrogen-bond acceptors (Lipinski definition) is 4. The van der Waals surface area contributed by atoms with Gasteiger partial charge in [0.1, 0.15) is 11.4 Å². The Morgan fingerprint density at radius 1 is 1.09 bits per heavy atom. The number of methoxy groups -OCH3 is 1. The van der Waals surface area contributed by atoms with Crippen LogP contribution in [0.15, 0.2) is 65.8 Å². The van der Waals surface area contributed by atoms with Crippen molar-refractivity contribution in [3.8, 4) is 5.75 Å². The molecule has 0 aliphatic rings. The van der Waals surface area contributed by atoms with Crippen molar-refractivity contribution in [3.05, 3.63) is 71.9 Å². The summed E-state index contributed by atoms with van der Waals surface area (Å²) in [6, 6.07) is 18.6. The molecule has 0 unspecified atom stereocenters. The Labute approximate surface area is 133 Å². The smallest absolute Gasteiger partial charge is 0.289 e. The number of carbonyl (C=O) groups is 1. The first-order valence-corrected chi connectivity index (χ1v) is 7.10. The first-order valence-electron chi connectivity index (χ1n) is 7.10. The number of benzene rings is 2. The van der Waals surface area contributed by atoms with Gasteiger partial charge in [-0.1, -0.05) is 36.4 Å². The first-order chi connectivity index (χ1) is 11.3. The summed E-state index contributed by atoms with van der Waals surface area (Å²) in [6.07, 6.45) is 1.54. The van der Waals surface area contributed by atoms with Gasteiger partial charge in [0.15, 0.2) is 0 Å². The molecule has 0 saturated heterocycles. The van der Waals surface area contributed by atoms with Crippen LogP contribution in [0.5, 0.6) is 5.75 Å². The van der Waals surface area contributed by atoms with Crippen LogP contribution in [0.4, 0.5) is 0 Å². The molecule has 0 aliphatic carbocycles. The Morgan fingerprint density at radius 2 is 1.87 bits per heavy atom. The number of hydrogen-bond donors (Lipinski definition) is 1. The van der Waals surface area contributed by atoms with Crippen molar-refractivity contribution in [1.29, 1.82) is 0 Å². The van der Waals surface area contributed by atoms with E-state index in [1.165, 1.54) is 6.21 Å². The normalized spacial score (nSPS) is 10.8. The lowest BCUT2D eigenvalue weighted by Gasteiger charge is -2.03. The van der Waals surface area contributed by atoms with Crippen molar-refractivity contribution in [1.82, 2.24) is 10.4 Å². The fraction of sp³-hybridized carbons (Fsp3) is 0.0556. The summed E-state index contributed by atoms with van der Waals surface area (Å²) in [5, 5.41) is 4.95. The largest absolute Gasteiger partial charge is 0.496 e. The summed E-state index contributed by atoms with van der Waals surface area (Å²) < 4.78 is 5.22. The number of pyridine rings is 1. The van der Waals surface area contributed by atoms with E-state index in [4.69, 9.17) is 4.74 Å². The van der Waals surface area contributed by atoms with E-state index in [9.17, 15) is 4.79 Å². The van der Waals surface area contributed by atoms with E-state index in [1.807, 2.05) is 54.6 Å². The standard InChI is InChI=1S/C18H15N3O2/c1-23-17-9-5-3-7-14(17)12-19-21-18(22)16-11-10-13-6-2-4-8-15(13)20-16/h2-12H,1H3,(H,21,22)/b19-12-. The Bertz CT molecular complexity index is 875. The number of nitrogens with zero attached hydrogens (tertiary/aromatic N) is 2. The van der Waals surface area contributed by atoms with Crippen LogP contribution < -0.4 is 10.2 Å². The zero-order valence-corrected chi connectivity index (χ0v) is 12.6. The lowest BCUT2D eigenvalue weighted by molar-refractivity contribution is 0.0950. The molecule has 1 amide bonds. The molecule has 1 N–H and O–H groups in total. The van der Waals surface area contributed by atoms with Crippen LogP contribution in [0.25, 0.3) is 10.9 Å². The van der Waals surface area contributed by atoms with Gasteiger partial charge in [0.05, 0.1) is 18.8 Å². The number of para-hydroxylation sites is 2. The highest BCUT2D eigenvalue weighted by Gasteiger charge is 2.07. The molecule has 5 heteroatoms. The molecule has 1 aromatic heterocycles. The van der Waals surface area contributed by atoms with Crippen LogP contribution in [0.1, 0.15) is 16.1 Å². The summed E-state index contributed by atoms with van der Waals surface area (Å²) >= 11 is 0. The zero-order valence-electron chi connectivity index (χ0n) is 12.6. The van der Waals surface area contributed by atoms with E-state index in [0.29, 0.717) is 11.4 Å². The molecular weight excluding hydrogens is 290 g/mol. The fourth-order valence-electron chi connectivity index (χ4n) is 2.18. The fourth-order valence-corrected chi connectivity index (χ4v) is 2.18. The van der Waals surface area contributed by atoms with E-state index in [0.717, 1.165) is 16.5 Å². The van der Waals surface area contributed by atoms with Gasteiger partial charge in [-0.15, -0.1) is 0 Å². The molecule has 114 valence electrons. The summed E-state index contributed by atoms with van der Waals surface area (Å²) in [7, 11) is 1.59. The first kappa shape index (κ1) is 14.7. The minimum absolute atomic E-state index is 0.320. The highest BCUT2D eigenvalue weighted by Crippen LogP contribution is 2.14. The van der Waals surface area contributed by atoms with Gasteiger partial charge in [-0.25, -0.2) is 10.4 Å². The van der Waals surface area contributed by atoms with Gasteiger partial charge < -0.3 is 4.74 Å². The van der Waals surface area contributed by atoms with Gasteiger partial charge in [-0.05, 0) is 24.3 Å². The maximum atomic E-state index is 12.1. The third-order valence-electron chi connectivity index (χ3n) is 3.34. The van der Waals surface area contributed by atoms with Gasteiger partial charge >= 0.3 is 0 Å². The van der Waals surface area contributed by atoms with Crippen molar-refractivity contribution < 1.29 is 9.53 Å². The SMILES string of the molecule is COc1ccccc1/C=N\NC(=O)c1ccc2ccccc2n1. The molecule has 0 aliphatic heterocycles. The average Bonchev–Trinajstić information content (AvgIpc) is 2.61. The third kappa shape index (κ3) is 3.35. The molecule has 3 rings (SSSR count). The number of fused-ring (bicyclic) bond motifs is 1. The Morgan fingerprint density at radius 3 is 2.74 bits per heavy atom. The minimum atomic E-state index is -0.359. The molecule has 0 bridgehead atoms. The number of hydrazone groups is 1. The topological polar surface area (TPSA) is 63.6 Å². The zero-order chi connectivity index (χ0) is 16.1. The van der Waals surface area contributed by atoms with E-state index >= 15 is 0 Å². The molecule has 0 spiro atoms. The monoisotopic (exact) mass is 305 g/mol. The predicted octanol–water partition coefficient (Wildman–Crippen LogP) is 3.01. The molecule has 0 saturated carbocycles. The minimum Gasteiger partial charge on any atom is -0.496 e. The second-order valence-corrected chi connectivity index (χ2v) is 4.83. The van der Waals surface area contributed by atoms with E-state index in [-0.39, 0.29) is 5.91 Å². The van der Waals surface area contributed by atoms with Gasteiger partial charge in [0, 0.05) is 10.9 Å². The number of nitrogens with one attached hydrogen (secondary N) is 1. The van der Waals surface area contributed by atoms with Gasteiger partial charge in [-0.2, -0.15) is 5.10 Å². The molecule has 2 aromatic carbocycles. The van der Waals surface area contributed by atoms with E-state index < -0.39 is 0 Å². The highest BCUT2D eigenvalue weighted by atomic mass is 16.5. The molecule has 23 heavy (non-hydrogen) atoms. The summed E-state index contributed by atoms with van der Waals surface area (Å²) in [5.74, 6) is 0.330. The van der Waals surface area contributed by atoms with Crippen molar-refractivity contribution in [2.45, 2.75) is 0 Å². The molecule has 5 nitrogen and oxygen atoms in total. The summed E-state index contributed by atoms with van der Waals surface area (Å²) in [5.41, 5.74) is 4.35. The van der Waals surface area contributed by atoms with Crippen LogP contribution in [0, 0.1) is 0 Å². The van der Waals surface area contributed by atoms with Gasteiger partial charge in [0.25, 0.3) is 5.91 Å². The highest BCUT2D eigenvalue weighted by molar-refractivity contribution is 5.95. The number of aromatic nitrogens is 1. The van der Waals surface area contributed by atoms with Crippen molar-refractivity contribution in [3.63, 3.8) is 0 Å². The maximum Gasteiger partial charge on any atom is 0.289 e. The number of ether oxygens (including phenoxy) is 1. The van der Waals surface area contributed by atoms with E-state index in [2.05, 4.69) is 15.5 Å². The lowest BCUT2D eigenvalue weighted by atomic mass is 10.2.